The Hall–Kier alpha value is -4.13. The number of hydrogen-bond acceptors (Lipinski definition) is 6. The fourth-order valence-corrected chi connectivity index (χ4v) is 5.09. The number of nitro benzene ring substituents is 1. The molecule has 36 heavy (non-hydrogen) atoms. The van der Waals surface area contributed by atoms with E-state index in [1.165, 1.54) is 17.0 Å². The van der Waals surface area contributed by atoms with Crippen molar-refractivity contribution in [3.05, 3.63) is 110 Å². The van der Waals surface area contributed by atoms with Gasteiger partial charge in [-0.25, -0.2) is 0 Å². The standard InChI is InChI=1S/C26H19ClN4O4S/c1-16-5-11-20(12-6-16)30-25(33)23(14-17-3-2-4-21(13-17)31(34)35)36-26(30)22(15-28)24(32)29-19-9-7-18(27)8-10-19/h2-13,23H,14H2,1H3,(H,29,32)/b26-22-/t23-/m1/s1. The Bertz CT molecular complexity index is 1420. The maximum atomic E-state index is 13.5. The lowest BCUT2D eigenvalue weighted by molar-refractivity contribution is -0.384. The van der Waals surface area contributed by atoms with Crippen LogP contribution in [-0.4, -0.2) is 22.0 Å². The lowest BCUT2D eigenvalue weighted by Crippen LogP contribution is -2.30. The molecule has 1 saturated heterocycles. The number of carbonyl (C=O) groups is 2. The van der Waals surface area contributed by atoms with Gasteiger partial charge in [0.05, 0.1) is 10.2 Å². The Labute approximate surface area is 216 Å². The van der Waals surface area contributed by atoms with Crippen molar-refractivity contribution in [2.45, 2.75) is 18.6 Å². The second-order valence-electron chi connectivity index (χ2n) is 8.00. The summed E-state index contributed by atoms with van der Waals surface area (Å²) in [4.78, 5) is 38.7. The average Bonchev–Trinajstić information content (AvgIpc) is 3.17. The smallest absolute Gasteiger partial charge is 0.269 e. The molecular weight excluding hydrogens is 500 g/mol. The summed E-state index contributed by atoms with van der Waals surface area (Å²) >= 11 is 7.00. The van der Waals surface area contributed by atoms with Crippen LogP contribution in [0.15, 0.2) is 83.4 Å². The van der Waals surface area contributed by atoms with Crippen molar-refractivity contribution < 1.29 is 14.5 Å². The van der Waals surface area contributed by atoms with E-state index in [-0.39, 0.29) is 28.6 Å². The number of amides is 2. The van der Waals surface area contributed by atoms with E-state index < -0.39 is 16.1 Å². The number of thioether (sulfide) groups is 1. The molecule has 0 unspecified atom stereocenters. The molecule has 1 atom stereocenters. The van der Waals surface area contributed by atoms with Crippen LogP contribution in [0, 0.1) is 28.4 Å². The molecule has 4 rings (SSSR count). The third kappa shape index (κ3) is 5.40. The number of nitrogens with zero attached hydrogens (tertiary/aromatic N) is 3. The van der Waals surface area contributed by atoms with Crippen LogP contribution < -0.4 is 10.2 Å². The second kappa shape index (κ2) is 10.6. The molecule has 0 radical (unpaired) electrons. The second-order valence-corrected chi connectivity index (χ2v) is 9.63. The molecule has 1 N–H and O–H groups in total. The quantitative estimate of drug-likeness (QED) is 0.196. The highest BCUT2D eigenvalue weighted by Gasteiger charge is 2.41. The molecule has 3 aromatic carbocycles. The van der Waals surface area contributed by atoms with E-state index in [1.807, 2.05) is 25.1 Å². The van der Waals surface area contributed by atoms with Crippen LogP contribution in [0.3, 0.4) is 0 Å². The zero-order valence-corrected chi connectivity index (χ0v) is 20.5. The van der Waals surface area contributed by atoms with E-state index in [2.05, 4.69) is 5.32 Å². The Morgan fingerprint density at radius 3 is 2.50 bits per heavy atom. The van der Waals surface area contributed by atoms with Crippen LogP contribution in [0.1, 0.15) is 11.1 Å². The Morgan fingerprint density at radius 2 is 1.86 bits per heavy atom. The van der Waals surface area contributed by atoms with Gasteiger partial charge in [-0.15, -0.1) is 0 Å². The van der Waals surface area contributed by atoms with E-state index in [4.69, 9.17) is 11.6 Å². The Kier molecular flexibility index (Phi) is 7.38. The predicted octanol–water partition coefficient (Wildman–Crippen LogP) is 5.62. The lowest BCUT2D eigenvalue weighted by Gasteiger charge is -2.19. The summed E-state index contributed by atoms with van der Waals surface area (Å²) in [5.41, 5.74) is 2.25. The minimum absolute atomic E-state index is 0.0749. The zero-order valence-electron chi connectivity index (χ0n) is 19.0. The highest BCUT2D eigenvalue weighted by atomic mass is 35.5. The number of hydrogen-bond donors (Lipinski definition) is 1. The van der Waals surface area contributed by atoms with Crippen LogP contribution in [0.5, 0.6) is 0 Å². The number of nitro groups is 1. The van der Waals surface area contributed by atoms with E-state index in [1.54, 1.807) is 48.5 Å². The topological polar surface area (TPSA) is 116 Å². The minimum Gasteiger partial charge on any atom is -0.321 e. The molecule has 0 saturated carbocycles. The summed E-state index contributed by atoms with van der Waals surface area (Å²) < 4.78 is 0. The number of anilines is 2. The van der Waals surface area contributed by atoms with E-state index in [9.17, 15) is 25.0 Å². The van der Waals surface area contributed by atoms with Crippen LogP contribution in [-0.2, 0) is 16.0 Å². The van der Waals surface area contributed by atoms with Gasteiger partial charge < -0.3 is 5.32 Å². The van der Waals surface area contributed by atoms with Crippen LogP contribution in [0.25, 0.3) is 0 Å². The molecule has 0 spiro atoms. The molecule has 8 nitrogen and oxygen atoms in total. The van der Waals surface area contributed by atoms with Crippen molar-refractivity contribution in [3.63, 3.8) is 0 Å². The number of rotatable bonds is 6. The zero-order chi connectivity index (χ0) is 25.8. The summed E-state index contributed by atoms with van der Waals surface area (Å²) in [7, 11) is 0. The van der Waals surface area contributed by atoms with Gasteiger partial charge in [0, 0.05) is 28.5 Å². The Morgan fingerprint density at radius 1 is 1.17 bits per heavy atom. The first-order valence-electron chi connectivity index (χ1n) is 10.8. The summed E-state index contributed by atoms with van der Waals surface area (Å²) in [5.74, 6) is -0.986. The van der Waals surface area contributed by atoms with Crippen LogP contribution in [0.4, 0.5) is 17.1 Å². The molecule has 3 aromatic rings. The van der Waals surface area contributed by atoms with Gasteiger partial charge in [-0.05, 0) is 55.3 Å². The number of halogens is 1. The fraction of sp³-hybridized carbons (Fsp3) is 0.115. The molecule has 2 amide bonds. The minimum atomic E-state index is -0.685. The van der Waals surface area contributed by atoms with Gasteiger partial charge in [-0.2, -0.15) is 5.26 Å². The number of carbonyl (C=O) groups excluding carboxylic acids is 2. The molecule has 1 aliphatic rings. The first-order chi connectivity index (χ1) is 17.3. The van der Waals surface area contributed by atoms with Crippen LogP contribution in [0.2, 0.25) is 5.02 Å². The first-order valence-corrected chi connectivity index (χ1v) is 12.0. The highest BCUT2D eigenvalue weighted by molar-refractivity contribution is 8.05. The van der Waals surface area contributed by atoms with Crippen molar-refractivity contribution in [2.24, 2.45) is 0 Å². The van der Waals surface area contributed by atoms with Gasteiger partial charge >= 0.3 is 0 Å². The van der Waals surface area contributed by atoms with E-state index >= 15 is 0 Å². The Balaban J connectivity index is 1.72. The normalized spacial score (nSPS) is 16.4. The number of non-ortho nitro benzene ring substituents is 1. The predicted molar refractivity (Wildman–Crippen MR) is 140 cm³/mol. The molecule has 0 bridgehead atoms. The largest absolute Gasteiger partial charge is 0.321 e. The van der Waals surface area contributed by atoms with Gasteiger partial charge in [0.25, 0.3) is 11.6 Å². The number of nitriles is 1. The van der Waals surface area contributed by atoms with Gasteiger partial charge in [0.15, 0.2) is 0 Å². The maximum absolute atomic E-state index is 13.5. The number of aryl methyl sites for hydroxylation is 1. The van der Waals surface area contributed by atoms with Crippen molar-refractivity contribution in [1.82, 2.24) is 0 Å². The molecule has 1 aliphatic heterocycles. The lowest BCUT2D eigenvalue weighted by atomic mass is 10.1. The third-order valence-electron chi connectivity index (χ3n) is 5.44. The summed E-state index contributed by atoms with van der Waals surface area (Å²) in [6.45, 7) is 1.91. The highest BCUT2D eigenvalue weighted by Crippen LogP contribution is 2.42. The van der Waals surface area contributed by atoms with Crippen molar-refractivity contribution in [3.8, 4) is 6.07 Å². The summed E-state index contributed by atoms with van der Waals surface area (Å²) in [5, 5.41) is 23.8. The van der Waals surface area contributed by atoms with Gasteiger partial charge in [0.1, 0.15) is 16.7 Å². The molecule has 0 aromatic heterocycles. The number of nitrogens with one attached hydrogen (secondary N) is 1. The maximum Gasteiger partial charge on any atom is 0.269 e. The number of benzene rings is 3. The van der Waals surface area contributed by atoms with Crippen molar-refractivity contribution in [1.29, 1.82) is 5.26 Å². The van der Waals surface area contributed by atoms with E-state index in [0.717, 1.165) is 17.3 Å². The fourth-order valence-electron chi connectivity index (χ4n) is 3.65. The van der Waals surface area contributed by atoms with Gasteiger partial charge in [0.2, 0.25) is 5.91 Å². The molecule has 1 heterocycles. The molecule has 180 valence electrons. The van der Waals surface area contributed by atoms with Crippen LogP contribution >= 0.6 is 23.4 Å². The van der Waals surface area contributed by atoms with Gasteiger partial charge in [-0.3, -0.25) is 24.6 Å². The van der Waals surface area contributed by atoms with E-state index in [0.29, 0.717) is 22.0 Å². The molecule has 10 heteroatoms. The van der Waals surface area contributed by atoms with Gasteiger partial charge in [-0.1, -0.05) is 53.2 Å². The van der Waals surface area contributed by atoms with Crippen molar-refractivity contribution >= 4 is 52.2 Å². The third-order valence-corrected chi connectivity index (χ3v) is 6.96. The SMILES string of the molecule is Cc1ccc(N2C(=O)[C@@H](Cc3cccc([N+](=O)[O-])c3)S/C2=C(/C#N)C(=O)Nc2ccc(Cl)cc2)cc1. The summed E-state index contributed by atoms with van der Waals surface area (Å²) in [6.07, 6.45) is 0.189. The molecular formula is C26H19ClN4O4S. The van der Waals surface area contributed by atoms with Crippen molar-refractivity contribution in [2.75, 3.05) is 10.2 Å². The average molecular weight is 519 g/mol. The molecule has 1 fully saturated rings. The summed E-state index contributed by atoms with van der Waals surface area (Å²) in [6, 6.07) is 21.6. The molecule has 0 aliphatic carbocycles. The monoisotopic (exact) mass is 518 g/mol. The first kappa shape index (κ1) is 25.0.